The number of hydrogen-bond acceptors (Lipinski definition) is 6. The van der Waals surface area contributed by atoms with Crippen LogP contribution in [0.15, 0.2) is 41.2 Å². The number of benzene rings is 1. The number of piperidine rings is 1. The minimum atomic E-state index is -0.669. The number of aromatic nitrogens is 1. The number of pyridine rings is 1. The Hall–Kier alpha value is -3.49. The van der Waals surface area contributed by atoms with Crippen molar-refractivity contribution in [2.24, 2.45) is 0 Å². The zero-order valence-corrected chi connectivity index (χ0v) is 20.0. The van der Waals surface area contributed by atoms with Gasteiger partial charge in [-0.05, 0) is 25.8 Å². The summed E-state index contributed by atoms with van der Waals surface area (Å²) in [6.07, 6.45) is 1.32. The monoisotopic (exact) mass is 468 g/mol. The van der Waals surface area contributed by atoms with Crippen molar-refractivity contribution in [2.45, 2.75) is 52.3 Å². The lowest BCUT2D eigenvalue weighted by Gasteiger charge is -2.52. The normalized spacial score (nSPS) is 16.7. The summed E-state index contributed by atoms with van der Waals surface area (Å²) < 4.78 is 12.8. The quantitative estimate of drug-likeness (QED) is 0.701. The molecule has 2 aromatic rings. The molecule has 9 nitrogen and oxygen atoms in total. The molecule has 1 aromatic carbocycles. The number of carbonyl (C=O) groups excluding carboxylic acids is 2. The number of hydrogen-bond donors (Lipinski definition) is 1. The van der Waals surface area contributed by atoms with Gasteiger partial charge in [0.15, 0.2) is 11.4 Å². The van der Waals surface area contributed by atoms with Gasteiger partial charge >= 0.3 is 6.09 Å². The zero-order chi connectivity index (χ0) is 24.3. The molecule has 3 heterocycles. The summed E-state index contributed by atoms with van der Waals surface area (Å²) in [4.78, 5) is 42.5. The number of likely N-dealkylation sites (tertiary alicyclic amines) is 1. The molecule has 0 aliphatic carbocycles. The second kappa shape index (κ2) is 9.79. The van der Waals surface area contributed by atoms with E-state index in [9.17, 15) is 14.4 Å². The van der Waals surface area contributed by atoms with E-state index in [1.54, 1.807) is 21.4 Å². The molecule has 2 amide bonds. The van der Waals surface area contributed by atoms with Gasteiger partial charge in [-0.3, -0.25) is 14.3 Å². The lowest BCUT2D eigenvalue weighted by molar-refractivity contribution is 0.0162. The van der Waals surface area contributed by atoms with Gasteiger partial charge in [0.25, 0.3) is 5.91 Å². The van der Waals surface area contributed by atoms with Crippen LogP contribution in [0.1, 0.15) is 55.4 Å². The average Bonchev–Trinajstić information content (AvgIpc) is 2.85. The molecule has 1 fully saturated rings. The lowest BCUT2D eigenvalue weighted by atomic mass is 9.93. The number of nitrogens with one attached hydrogen (secondary N) is 1. The Balaban J connectivity index is 1.69. The Morgan fingerprint density at radius 1 is 1.09 bits per heavy atom. The van der Waals surface area contributed by atoms with E-state index in [2.05, 4.69) is 5.43 Å². The van der Waals surface area contributed by atoms with Crippen LogP contribution >= 0.6 is 0 Å². The molecule has 34 heavy (non-hydrogen) atoms. The van der Waals surface area contributed by atoms with Crippen molar-refractivity contribution >= 4 is 12.0 Å². The minimum Gasteiger partial charge on any atom is -0.482 e. The van der Waals surface area contributed by atoms with Gasteiger partial charge in [-0.1, -0.05) is 37.3 Å². The maximum atomic E-state index is 13.8. The lowest BCUT2D eigenvalue weighted by Crippen LogP contribution is -2.67. The highest BCUT2D eigenvalue weighted by atomic mass is 16.6. The van der Waals surface area contributed by atoms with Crippen molar-refractivity contribution in [3.8, 4) is 5.75 Å². The van der Waals surface area contributed by atoms with Gasteiger partial charge < -0.3 is 24.7 Å². The van der Waals surface area contributed by atoms with Crippen LogP contribution in [-0.2, 0) is 17.8 Å². The van der Waals surface area contributed by atoms with Crippen LogP contribution in [0.25, 0.3) is 0 Å². The standard InChI is InChI=1S/C25H32N4O5/c1-4-19-16-20(30)22(34-17-18-10-8-7-9-11-18)21-23(31)28(5-2)25(26-29(19)21)12-14-27(15-13-25)24(32)33-6-3/h7-11,16,26H,4-6,12-15,17H2,1-3H3. The summed E-state index contributed by atoms with van der Waals surface area (Å²) in [6.45, 7) is 7.53. The van der Waals surface area contributed by atoms with E-state index in [1.807, 2.05) is 44.2 Å². The number of aryl methyl sites for hydroxylation is 1. The highest BCUT2D eigenvalue weighted by molar-refractivity contribution is 5.97. The van der Waals surface area contributed by atoms with Gasteiger partial charge in [0.2, 0.25) is 5.43 Å². The van der Waals surface area contributed by atoms with Crippen molar-refractivity contribution in [3.05, 3.63) is 63.6 Å². The number of rotatable bonds is 6. The van der Waals surface area contributed by atoms with Gasteiger partial charge in [-0.15, -0.1) is 0 Å². The molecule has 9 heteroatoms. The fourth-order valence-corrected chi connectivity index (χ4v) is 4.79. The van der Waals surface area contributed by atoms with E-state index in [0.717, 1.165) is 5.56 Å². The van der Waals surface area contributed by atoms with Crippen LogP contribution in [0.4, 0.5) is 4.79 Å². The van der Waals surface area contributed by atoms with Crippen LogP contribution in [0.5, 0.6) is 5.75 Å². The van der Waals surface area contributed by atoms with E-state index in [1.165, 1.54) is 6.07 Å². The minimum absolute atomic E-state index is 0.0517. The summed E-state index contributed by atoms with van der Waals surface area (Å²) in [5, 5.41) is 0. The van der Waals surface area contributed by atoms with Crippen LogP contribution in [-0.4, -0.2) is 58.4 Å². The SMILES string of the molecule is CCOC(=O)N1CCC2(CC1)Nn1c(CC)cc(=O)c(OCc3ccccc3)c1C(=O)N2CC. The fraction of sp³-hybridized carbons (Fsp3) is 0.480. The first kappa shape index (κ1) is 23.7. The topological polar surface area (TPSA) is 93.1 Å². The Kier molecular flexibility index (Phi) is 6.81. The molecule has 1 saturated heterocycles. The molecule has 0 bridgehead atoms. The summed E-state index contributed by atoms with van der Waals surface area (Å²) in [7, 11) is 0. The molecular weight excluding hydrogens is 436 g/mol. The molecule has 1 N–H and O–H groups in total. The first-order valence-corrected chi connectivity index (χ1v) is 11.9. The van der Waals surface area contributed by atoms with Crippen molar-refractivity contribution in [1.29, 1.82) is 0 Å². The molecule has 1 aromatic heterocycles. The molecule has 0 atom stereocenters. The number of carbonyl (C=O) groups is 2. The first-order valence-electron chi connectivity index (χ1n) is 11.9. The third-order valence-electron chi connectivity index (χ3n) is 6.55. The molecule has 0 unspecified atom stereocenters. The van der Waals surface area contributed by atoms with Crippen LogP contribution in [0.3, 0.4) is 0 Å². The highest BCUT2D eigenvalue weighted by Gasteiger charge is 2.48. The van der Waals surface area contributed by atoms with E-state index < -0.39 is 5.66 Å². The van der Waals surface area contributed by atoms with Crippen LogP contribution in [0, 0.1) is 0 Å². The predicted octanol–water partition coefficient (Wildman–Crippen LogP) is 2.96. The first-order chi connectivity index (χ1) is 16.4. The van der Waals surface area contributed by atoms with E-state index >= 15 is 0 Å². The smallest absolute Gasteiger partial charge is 0.409 e. The average molecular weight is 469 g/mol. The van der Waals surface area contributed by atoms with Gasteiger partial charge in [-0.2, -0.15) is 0 Å². The van der Waals surface area contributed by atoms with Crippen molar-refractivity contribution in [2.75, 3.05) is 31.7 Å². The largest absolute Gasteiger partial charge is 0.482 e. The Morgan fingerprint density at radius 2 is 1.79 bits per heavy atom. The van der Waals surface area contributed by atoms with Gasteiger partial charge in [0.05, 0.1) is 6.61 Å². The summed E-state index contributed by atoms with van der Waals surface area (Å²) in [5.74, 6) is -0.197. The maximum absolute atomic E-state index is 13.8. The third kappa shape index (κ3) is 4.22. The molecule has 182 valence electrons. The van der Waals surface area contributed by atoms with Crippen molar-refractivity contribution in [1.82, 2.24) is 14.5 Å². The molecule has 2 aliphatic heterocycles. The van der Waals surface area contributed by atoms with Gasteiger partial charge in [-0.25, -0.2) is 4.79 Å². The predicted molar refractivity (Wildman–Crippen MR) is 127 cm³/mol. The Morgan fingerprint density at radius 3 is 2.41 bits per heavy atom. The van der Waals surface area contributed by atoms with E-state index in [0.29, 0.717) is 51.2 Å². The third-order valence-corrected chi connectivity index (χ3v) is 6.55. The second-order valence-electron chi connectivity index (χ2n) is 8.52. The maximum Gasteiger partial charge on any atom is 0.409 e. The molecule has 2 aliphatic rings. The number of amides is 2. The summed E-state index contributed by atoms with van der Waals surface area (Å²) in [6, 6.07) is 11.1. The van der Waals surface area contributed by atoms with Crippen LogP contribution < -0.4 is 15.6 Å². The van der Waals surface area contributed by atoms with Crippen molar-refractivity contribution < 1.29 is 19.1 Å². The molecule has 0 saturated carbocycles. The molecule has 1 spiro atoms. The zero-order valence-electron chi connectivity index (χ0n) is 20.0. The summed E-state index contributed by atoms with van der Waals surface area (Å²) >= 11 is 0. The summed E-state index contributed by atoms with van der Waals surface area (Å²) in [5.41, 5.74) is 4.41. The molecule has 0 radical (unpaired) electrons. The fourth-order valence-electron chi connectivity index (χ4n) is 4.79. The Labute approximate surface area is 199 Å². The highest BCUT2D eigenvalue weighted by Crippen LogP contribution is 2.35. The van der Waals surface area contributed by atoms with Crippen molar-refractivity contribution in [3.63, 3.8) is 0 Å². The van der Waals surface area contributed by atoms with Crippen LogP contribution in [0.2, 0.25) is 0 Å². The van der Waals surface area contributed by atoms with Gasteiger partial charge in [0, 0.05) is 44.2 Å². The molecule has 4 rings (SSSR count). The number of ether oxygens (including phenoxy) is 2. The second-order valence-corrected chi connectivity index (χ2v) is 8.52. The van der Waals surface area contributed by atoms with Gasteiger partial charge in [0.1, 0.15) is 12.3 Å². The number of fused-ring (bicyclic) bond motifs is 1. The molecular formula is C25H32N4O5. The Bertz CT molecular complexity index is 1110. The van der Waals surface area contributed by atoms with E-state index in [-0.39, 0.29) is 35.5 Å². The van der Waals surface area contributed by atoms with E-state index in [4.69, 9.17) is 9.47 Å². The number of nitrogens with zero attached hydrogens (tertiary/aromatic N) is 3.